The number of nitrogens with zero attached hydrogens (tertiary/aromatic N) is 1. The first-order valence-electron chi connectivity index (χ1n) is 4.90. The molecular formula is C10H9NO4. The molecule has 3 rings (SSSR count). The number of hydroxylamine groups is 2. The van der Waals surface area contributed by atoms with E-state index in [9.17, 15) is 14.4 Å². The Kier molecular flexibility index (Phi) is 1.55. The minimum Gasteiger partial charge on any atom is -0.334 e. The summed E-state index contributed by atoms with van der Waals surface area (Å²) in [4.78, 5) is 38.1. The van der Waals surface area contributed by atoms with Crippen LogP contribution in [0.15, 0.2) is 12.2 Å². The van der Waals surface area contributed by atoms with E-state index >= 15 is 0 Å². The van der Waals surface area contributed by atoms with E-state index in [4.69, 9.17) is 0 Å². The average Bonchev–Trinajstić information content (AvgIpc) is 2.87. The van der Waals surface area contributed by atoms with Gasteiger partial charge in [0.15, 0.2) is 0 Å². The lowest BCUT2D eigenvalue weighted by Crippen LogP contribution is -2.32. The lowest BCUT2D eigenvalue weighted by atomic mass is 9.85. The van der Waals surface area contributed by atoms with Gasteiger partial charge < -0.3 is 4.84 Å². The van der Waals surface area contributed by atoms with Crippen molar-refractivity contribution >= 4 is 18.3 Å². The molecule has 1 saturated carbocycles. The first-order chi connectivity index (χ1) is 7.24. The van der Waals surface area contributed by atoms with Gasteiger partial charge in [-0.2, -0.15) is 0 Å². The molecule has 2 fully saturated rings. The van der Waals surface area contributed by atoms with Gasteiger partial charge in [0.25, 0.3) is 11.8 Å². The van der Waals surface area contributed by atoms with E-state index in [1.165, 1.54) is 0 Å². The Morgan fingerprint density at radius 1 is 1.20 bits per heavy atom. The van der Waals surface area contributed by atoms with Crippen LogP contribution in [0, 0.1) is 23.7 Å². The Hall–Kier alpha value is -1.65. The number of amides is 2. The number of hydrogen-bond acceptors (Lipinski definition) is 4. The van der Waals surface area contributed by atoms with Crippen LogP contribution in [-0.4, -0.2) is 23.3 Å². The van der Waals surface area contributed by atoms with Crippen molar-refractivity contribution in [3.05, 3.63) is 12.2 Å². The molecule has 1 heterocycles. The third-order valence-corrected chi connectivity index (χ3v) is 3.58. The van der Waals surface area contributed by atoms with Crippen molar-refractivity contribution < 1.29 is 19.2 Å². The van der Waals surface area contributed by atoms with Crippen molar-refractivity contribution in [1.82, 2.24) is 5.06 Å². The summed E-state index contributed by atoms with van der Waals surface area (Å²) in [6, 6.07) is 0. The maximum Gasteiger partial charge on any atom is 0.321 e. The second-order valence-electron chi connectivity index (χ2n) is 4.17. The zero-order valence-corrected chi connectivity index (χ0v) is 7.83. The van der Waals surface area contributed by atoms with Crippen LogP contribution in [0.5, 0.6) is 0 Å². The van der Waals surface area contributed by atoms with E-state index in [0.717, 1.165) is 6.42 Å². The van der Waals surface area contributed by atoms with Crippen molar-refractivity contribution in [2.24, 2.45) is 23.7 Å². The van der Waals surface area contributed by atoms with Gasteiger partial charge in [0.05, 0.1) is 11.8 Å². The van der Waals surface area contributed by atoms with Crippen molar-refractivity contribution in [1.29, 1.82) is 0 Å². The minimum absolute atomic E-state index is 0.117. The Labute approximate surface area is 85.6 Å². The normalized spacial score (nSPS) is 41.2. The molecule has 2 bridgehead atoms. The summed E-state index contributed by atoms with van der Waals surface area (Å²) < 4.78 is 0. The molecular weight excluding hydrogens is 198 g/mol. The van der Waals surface area contributed by atoms with Gasteiger partial charge in [0, 0.05) is 0 Å². The van der Waals surface area contributed by atoms with Gasteiger partial charge in [-0.3, -0.25) is 14.4 Å². The van der Waals surface area contributed by atoms with Crippen LogP contribution < -0.4 is 0 Å². The van der Waals surface area contributed by atoms with Crippen LogP contribution in [0.2, 0.25) is 0 Å². The lowest BCUT2D eigenvalue weighted by Gasteiger charge is -2.13. The summed E-state index contributed by atoms with van der Waals surface area (Å²) in [5, 5.41) is 0.620. The van der Waals surface area contributed by atoms with Gasteiger partial charge >= 0.3 is 6.47 Å². The highest BCUT2D eigenvalue weighted by Gasteiger charge is 2.60. The molecule has 2 aliphatic carbocycles. The highest BCUT2D eigenvalue weighted by molar-refractivity contribution is 6.05. The van der Waals surface area contributed by atoms with Gasteiger partial charge in [0.1, 0.15) is 0 Å². The highest BCUT2D eigenvalue weighted by atomic mass is 16.7. The van der Waals surface area contributed by atoms with Gasteiger partial charge in [-0.25, -0.2) is 0 Å². The molecule has 5 nitrogen and oxygen atoms in total. The molecule has 0 radical (unpaired) electrons. The second-order valence-corrected chi connectivity index (χ2v) is 4.17. The zero-order chi connectivity index (χ0) is 10.6. The van der Waals surface area contributed by atoms with Crippen molar-refractivity contribution in [3.8, 4) is 0 Å². The molecule has 78 valence electrons. The van der Waals surface area contributed by atoms with Crippen LogP contribution >= 0.6 is 0 Å². The third kappa shape index (κ3) is 0.900. The molecule has 2 amide bonds. The summed E-state index contributed by atoms with van der Waals surface area (Å²) >= 11 is 0. The molecule has 0 spiro atoms. The Morgan fingerprint density at radius 3 is 2.20 bits per heavy atom. The van der Waals surface area contributed by atoms with Crippen LogP contribution in [0.25, 0.3) is 0 Å². The van der Waals surface area contributed by atoms with Gasteiger partial charge in [-0.1, -0.05) is 12.2 Å². The zero-order valence-electron chi connectivity index (χ0n) is 7.83. The molecule has 0 N–H and O–H groups in total. The number of imide groups is 1. The highest BCUT2D eigenvalue weighted by Crippen LogP contribution is 2.52. The van der Waals surface area contributed by atoms with Crippen molar-refractivity contribution in [2.75, 3.05) is 0 Å². The van der Waals surface area contributed by atoms with Gasteiger partial charge in [-0.15, -0.1) is 5.06 Å². The van der Waals surface area contributed by atoms with E-state index < -0.39 is 0 Å². The van der Waals surface area contributed by atoms with Crippen molar-refractivity contribution in [3.63, 3.8) is 0 Å². The number of fused-ring (bicyclic) bond motifs is 5. The molecule has 4 atom stereocenters. The molecule has 0 aromatic carbocycles. The Balaban J connectivity index is 1.96. The van der Waals surface area contributed by atoms with E-state index in [-0.39, 0.29) is 42.0 Å². The maximum absolute atomic E-state index is 11.8. The smallest absolute Gasteiger partial charge is 0.321 e. The average molecular weight is 207 g/mol. The second kappa shape index (κ2) is 2.68. The van der Waals surface area contributed by atoms with Crippen molar-refractivity contribution in [2.45, 2.75) is 6.42 Å². The quantitative estimate of drug-likeness (QED) is 0.360. The van der Waals surface area contributed by atoms with Crippen LogP contribution in [0.4, 0.5) is 0 Å². The Morgan fingerprint density at radius 2 is 1.73 bits per heavy atom. The predicted octanol–water partition coefficient (Wildman–Crippen LogP) is -0.119. The monoisotopic (exact) mass is 207 g/mol. The first kappa shape index (κ1) is 8.64. The van der Waals surface area contributed by atoms with Gasteiger partial charge in [-0.05, 0) is 18.3 Å². The van der Waals surface area contributed by atoms with E-state index in [1.807, 2.05) is 12.2 Å². The fourth-order valence-corrected chi connectivity index (χ4v) is 3.02. The molecule has 5 heteroatoms. The Bertz CT molecular complexity index is 359. The first-order valence-corrected chi connectivity index (χ1v) is 4.90. The summed E-state index contributed by atoms with van der Waals surface area (Å²) in [6.07, 6.45) is 4.85. The molecule has 0 aromatic rings. The fraction of sp³-hybridized carbons (Fsp3) is 0.500. The maximum atomic E-state index is 11.8. The minimum atomic E-state index is -0.367. The molecule has 1 aliphatic heterocycles. The van der Waals surface area contributed by atoms with E-state index in [0.29, 0.717) is 5.06 Å². The molecule has 0 aromatic heterocycles. The molecule has 4 unspecified atom stereocenters. The van der Waals surface area contributed by atoms with E-state index in [1.54, 1.807) is 0 Å². The van der Waals surface area contributed by atoms with Crippen LogP contribution in [-0.2, 0) is 19.2 Å². The third-order valence-electron chi connectivity index (χ3n) is 3.58. The van der Waals surface area contributed by atoms with Crippen LogP contribution in [0.3, 0.4) is 0 Å². The van der Waals surface area contributed by atoms with Crippen LogP contribution in [0.1, 0.15) is 6.42 Å². The van der Waals surface area contributed by atoms with Gasteiger partial charge in [0.2, 0.25) is 0 Å². The molecule has 3 aliphatic rings. The largest absolute Gasteiger partial charge is 0.334 e. The number of carbonyl (C=O) groups is 3. The summed E-state index contributed by atoms with van der Waals surface area (Å²) in [6.45, 7) is 0.117. The molecule has 1 saturated heterocycles. The number of allylic oxidation sites excluding steroid dienone is 2. The summed E-state index contributed by atoms with van der Waals surface area (Å²) in [5.74, 6) is -1.03. The predicted molar refractivity (Wildman–Crippen MR) is 46.7 cm³/mol. The lowest BCUT2D eigenvalue weighted by molar-refractivity contribution is -0.190. The summed E-state index contributed by atoms with van der Waals surface area (Å²) in [7, 11) is 0. The fourth-order valence-electron chi connectivity index (χ4n) is 3.02. The standard InChI is InChI=1S/C10H9NO4/c12-4-15-11-9(13)7-5-1-2-6(3-5)8(7)10(11)14/h1-2,4-8H,3H2. The topological polar surface area (TPSA) is 63.7 Å². The summed E-state index contributed by atoms with van der Waals surface area (Å²) in [5.41, 5.74) is 0. The number of rotatable bonds is 2. The number of hydrogen-bond donors (Lipinski definition) is 0. The molecule has 15 heavy (non-hydrogen) atoms. The number of carbonyl (C=O) groups excluding carboxylic acids is 3. The SMILES string of the molecule is O=CON1C(=O)C2C3C=CC(C3)C2C1=O. The van der Waals surface area contributed by atoms with E-state index in [2.05, 4.69) is 4.84 Å².